The Balaban J connectivity index is 0. The second-order valence-electron chi connectivity index (χ2n) is 2.12. The van der Waals surface area contributed by atoms with Crippen molar-refractivity contribution in [1.82, 2.24) is 0 Å². The average molecular weight is 158 g/mol. The zero-order valence-corrected chi connectivity index (χ0v) is 5.00. The van der Waals surface area contributed by atoms with E-state index < -0.39 is 18.3 Å². The normalized spacial score (nSPS) is 17.4. The van der Waals surface area contributed by atoms with Crippen LogP contribution in [0.2, 0.25) is 0 Å². The van der Waals surface area contributed by atoms with Crippen molar-refractivity contribution in [2.24, 2.45) is 11.5 Å². The summed E-state index contributed by atoms with van der Waals surface area (Å²) in [5, 5.41) is 0. The second kappa shape index (κ2) is 3.21. The lowest BCUT2D eigenvalue weighted by Gasteiger charge is -2.25. The van der Waals surface area contributed by atoms with E-state index >= 15 is 0 Å². The summed E-state index contributed by atoms with van der Waals surface area (Å²) < 4.78 is 34.9. The summed E-state index contributed by atoms with van der Waals surface area (Å²) in [5.41, 5.74) is 7.25. The molecule has 0 fully saturated rings. The Hall–Kier alpha value is -0.290. The molecule has 0 aliphatic heterocycles. The lowest BCUT2D eigenvalue weighted by atomic mass is 10.1. The Bertz CT molecular complexity index is 97.6. The van der Waals surface area contributed by atoms with Crippen molar-refractivity contribution in [1.29, 1.82) is 0 Å². The molecule has 0 aromatic heterocycles. The molecular formula is C5H13F3N2. The van der Waals surface area contributed by atoms with Gasteiger partial charge in [-0.2, -0.15) is 13.2 Å². The van der Waals surface area contributed by atoms with Crippen LogP contribution in [-0.2, 0) is 0 Å². The SMILES string of the molecule is C.CC(N)(CN)C(F)(F)F. The van der Waals surface area contributed by atoms with Crippen LogP contribution in [0, 0.1) is 0 Å². The fraction of sp³-hybridized carbons (Fsp3) is 1.00. The fourth-order valence-electron chi connectivity index (χ4n) is 0.116. The number of nitrogens with two attached hydrogens (primary N) is 2. The molecule has 5 heteroatoms. The molecule has 0 aromatic carbocycles. The molecule has 64 valence electrons. The lowest BCUT2D eigenvalue weighted by Crippen LogP contribution is -2.56. The van der Waals surface area contributed by atoms with Gasteiger partial charge in [0.25, 0.3) is 0 Å². The van der Waals surface area contributed by atoms with E-state index in [1.807, 2.05) is 0 Å². The lowest BCUT2D eigenvalue weighted by molar-refractivity contribution is -0.177. The monoisotopic (exact) mass is 158 g/mol. The zero-order chi connectivity index (χ0) is 7.71. The number of hydrogen-bond acceptors (Lipinski definition) is 2. The molecule has 0 saturated carbocycles. The van der Waals surface area contributed by atoms with Gasteiger partial charge in [-0.15, -0.1) is 0 Å². The Morgan fingerprint density at radius 1 is 1.30 bits per heavy atom. The van der Waals surface area contributed by atoms with Crippen LogP contribution >= 0.6 is 0 Å². The molecule has 0 radical (unpaired) electrons. The molecule has 2 nitrogen and oxygen atoms in total. The van der Waals surface area contributed by atoms with Gasteiger partial charge in [0.05, 0.1) is 0 Å². The molecule has 1 unspecified atom stereocenters. The van der Waals surface area contributed by atoms with E-state index in [1.165, 1.54) is 0 Å². The van der Waals surface area contributed by atoms with Gasteiger partial charge in [-0.3, -0.25) is 0 Å². The molecule has 0 amide bonds. The van der Waals surface area contributed by atoms with Gasteiger partial charge in [-0.1, -0.05) is 7.43 Å². The molecule has 1 atom stereocenters. The van der Waals surface area contributed by atoms with Gasteiger partial charge >= 0.3 is 6.18 Å². The van der Waals surface area contributed by atoms with Crippen molar-refractivity contribution >= 4 is 0 Å². The van der Waals surface area contributed by atoms with Gasteiger partial charge in [0.1, 0.15) is 5.54 Å². The predicted molar refractivity (Wildman–Crippen MR) is 34.4 cm³/mol. The third-order valence-electron chi connectivity index (χ3n) is 1.07. The highest BCUT2D eigenvalue weighted by Crippen LogP contribution is 2.26. The largest absolute Gasteiger partial charge is 0.407 e. The summed E-state index contributed by atoms with van der Waals surface area (Å²) in [4.78, 5) is 0. The van der Waals surface area contributed by atoms with Crippen LogP contribution in [0.25, 0.3) is 0 Å². The van der Waals surface area contributed by atoms with Gasteiger partial charge in [0.15, 0.2) is 0 Å². The number of alkyl halides is 3. The Morgan fingerprint density at radius 2 is 1.60 bits per heavy atom. The van der Waals surface area contributed by atoms with E-state index in [4.69, 9.17) is 11.5 Å². The van der Waals surface area contributed by atoms with E-state index in [1.54, 1.807) is 0 Å². The van der Waals surface area contributed by atoms with Crippen molar-refractivity contribution in [2.75, 3.05) is 6.54 Å². The average Bonchev–Trinajstić information content (AvgIpc) is 1.64. The smallest absolute Gasteiger partial charge is 0.328 e. The molecule has 0 rings (SSSR count). The second-order valence-corrected chi connectivity index (χ2v) is 2.12. The minimum absolute atomic E-state index is 0. The van der Waals surface area contributed by atoms with Gasteiger partial charge in [-0.05, 0) is 6.92 Å². The van der Waals surface area contributed by atoms with Crippen molar-refractivity contribution < 1.29 is 13.2 Å². The maximum Gasteiger partial charge on any atom is 0.407 e. The van der Waals surface area contributed by atoms with Gasteiger partial charge < -0.3 is 11.5 Å². The highest BCUT2D eigenvalue weighted by molar-refractivity contribution is 4.87. The minimum Gasteiger partial charge on any atom is -0.328 e. The quantitative estimate of drug-likeness (QED) is 0.594. The van der Waals surface area contributed by atoms with E-state index in [2.05, 4.69) is 0 Å². The third kappa shape index (κ3) is 2.53. The summed E-state index contributed by atoms with van der Waals surface area (Å²) in [7, 11) is 0. The van der Waals surface area contributed by atoms with E-state index in [-0.39, 0.29) is 7.43 Å². The molecule has 0 aliphatic carbocycles. The molecule has 0 saturated heterocycles. The van der Waals surface area contributed by atoms with Crippen molar-refractivity contribution in [3.8, 4) is 0 Å². The Labute approximate surface area is 58.4 Å². The van der Waals surface area contributed by atoms with Crippen molar-refractivity contribution in [3.05, 3.63) is 0 Å². The minimum atomic E-state index is -4.40. The van der Waals surface area contributed by atoms with Crippen molar-refractivity contribution in [3.63, 3.8) is 0 Å². The van der Waals surface area contributed by atoms with Gasteiger partial charge in [0.2, 0.25) is 0 Å². The molecule has 10 heavy (non-hydrogen) atoms. The molecule has 0 bridgehead atoms. The number of halogens is 3. The first kappa shape index (κ1) is 12.4. The summed E-state index contributed by atoms with van der Waals surface area (Å²) in [5.74, 6) is 0. The summed E-state index contributed by atoms with van der Waals surface area (Å²) in [6, 6.07) is 0. The van der Waals surface area contributed by atoms with Gasteiger partial charge in [0, 0.05) is 6.54 Å². The Kier molecular flexibility index (Phi) is 3.97. The maximum absolute atomic E-state index is 11.6. The predicted octanol–water partition coefficient (Wildman–Crippen LogP) is 0.861. The van der Waals surface area contributed by atoms with Crippen LogP contribution in [-0.4, -0.2) is 18.3 Å². The van der Waals surface area contributed by atoms with Crippen LogP contribution in [0.15, 0.2) is 0 Å². The highest BCUT2D eigenvalue weighted by Gasteiger charge is 2.46. The fourth-order valence-corrected chi connectivity index (χ4v) is 0.116. The molecule has 0 spiro atoms. The summed E-state index contributed by atoms with van der Waals surface area (Å²) in [6.45, 7) is 0.267. The number of rotatable bonds is 1. The molecule has 0 heterocycles. The summed E-state index contributed by atoms with van der Waals surface area (Å²) >= 11 is 0. The zero-order valence-electron chi connectivity index (χ0n) is 5.00. The maximum atomic E-state index is 11.6. The topological polar surface area (TPSA) is 52.0 Å². The highest BCUT2D eigenvalue weighted by atomic mass is 19.4. The van der Waals surface area contributed by atoms with E-state index in [0.29, 0.717) is 0 Å². The first-order valence-electron chi connectivity index (χ1n) is 2.37. The first-order valence-corrected chi connectivity index (χ1v) is 2.37. The molecule has 0 aliphatic rings. The van der Waals surface area contributed by atoms with Crippen LogP contribution in [0.1, 0.15) is 14.4 Å². The van der Waals surface area contributed by atoms with Gasteiger partial charge in [-0.25, -0.2) is 0 Å². The number of hydrogen-bond donors (Lipinski definition) is 2. The van der Waals surface area contributed by atoms with Crippen LogP contribution in [0.4, 0.5) is 13.2 Å². The van der Waals surface area contributed by atoms with Crippen LogP contribution in [0.3, 0.4) is 0 Å². The van der Waals surface area contributed by atoms with E-state index in [9.17, 15) is 13.2 Å². The molecule has 0 aromatic rings. The van der Waals surface area contributed by atoms with E-state index in [0.717, 1.165) is 6.92 Å². The molecular weight excluding hydrogens is 145 g/mol. The van der Waals surface area contributed by atoms with Crippen LogP contribution in [0.5, 0.6) is 0 Å². The summed E-state index contributed by atoms with van der Waals surface area (Å²) in [6.07, 6.45) is -4.40. The van der Waals surface area contributed by atoms with Crippen molar-refractivity contribution in [2.45, 2.75) is 26.1 Å². The Morgan fingerprint density at radius 3 is 1.60 bits per heavy atom. The molecule has 4 N–H and O–H groups in total. The van der Waals surface area contributed by atoms with Crippen LogP contribution < -0.4 is 11.5 Å². The third-order valence-corrected chi connectivity index (χ3v) is 1.07. The first-order chi connectivity index (χ1) is 3.81. The standard InChI is InChI=1S/C4H9F3N2.CH4/c1-3(9,2-8)4(5,6)7;/h2,8-9H2,1H3;1H4.